The van der Waals surface area contributed by atoms with E-state index >= 15 is 0 Å². The van der Waals surface area contributed by atoms with Gasteiger partial charge in [0.05, 0.1) is 12.1 Å². The molecule has 0 saturated carbocycles. The topological polar surface area (TPSA) is 25.4 Å². The molecule has 1 saturated heterocycles. The van der Waals surface area contributed by atoms with Gasteiger partial charge in [-0.1, -0.05) is 12.1 Å². The largest absolute Gasteiger partial charge is 0.381 e. The van der Waals surface area contributed by atoms with E-state index in [1.807, 2.05) is 12.3 Å². The van der Waals surface area contributed by atoms with Gasteiger partial charge < -0.3 is 9.64 Å². The maximum Gasteiger partial charge on any atom is 0.0702 e. The van der Waals surface area contributed by atoms with E-state index in [9.17, 15) is 0 Å². The number of nitrogens with zero attached hydrogens (tertiary/aromatic N) is 2. The number of aromatic nitrogens is 1. The predicted octanol–water partition coefficient (Wildman–Crippen LogP) is 3.09. The minimum absolute atomic E-state index is 0.691. The number of fused-ring (bicyclic) bond motifs is 1. The summed E-state index contributed by atoms with van der Waals surface area (Å²) in [7, 11) is 2.20. The molecule has 3 nitrogen and oxygen atoms in total. The van der Waals surface area contributed by atoms with Gasteiger partial charge in [-0.25, -0.2) is 0 Å². The molecule has 0 amide bonds. The Morgan fingerprint density at radius 1 is 1.35 bits per heavy atom. The van der Waals surface area contributed by atoms with Gasteiger partial charge in [0.25, 0.3) is 0 Å². The molecule has 2 heterocycles. The van der Waals surface area contributed by atoms with Crippen LogP contribution in [0.2, 0.25) is 0 Å². The van der Waals surface area contributed by atoms with Crippen LogP contribution in [0.15, 0.2) is 36.5 Å². The first-order valence-corrected chi connectivity index (χ1v) is 7.41. The van der Waals surface area contributed by atoms with Crippen LogP contribution >= 0.6 is 0 Å². The lowest BCUT2D eigenvalue weighted by molar-refractivity contribution is 0.0411. The molecule has 2 aromatic rings. The Balaban J connectivity index is 1.62. The van der Waals surface area contributed by atoms with Gasteiger partial charge in [0, 0.05) is 31.3 Å². The highest BCUT2D eigenvalue weighted by molar-refractivity contribution is 5.78. The number of hydrogen-bond acceptors (Lipinski definition) is 3. The lowest BCUT2D eigenvalue weighted by atomic mass is 10.0. The Labute approximate surface area is 120 Å². The molecule has 1 aromatic heterocycles. The molecule has 3 heteroatoms. The Morgan fingerprint density at radius 3 is 3.15 bits per heavy atom. The van der Waals surface area contributed by atoms with E-state index in [2.05, 4.69) is 41.2 Å². The summed E-state index contributed by atoms with van der Waals surface area (Å²) >= 11 is 0. The molecule has 1 fully saturated rings. The minimum Gasteiger partial charge on any atom is -0.381 e. The lowest BCUT2D eigenvalue weighted by Crippen LogP contribution is -2.30. The molecule has 1 aliphatic rings. The Morgan fingerprint density at radius 2 is 2.30 bits per heavy atom. The van der Waals surface area contributed by atoms with Crippen molar-refractivity contribution in [3.8, 4) is 0 Å². The Kier molecular flexibility index (Phi) is 4.28. The number of pyridine rings is 1. The molecule has 0 spiro atoms. The molecule has 106 valence electrons. The van der Waals surface area contributed by atoms with Gasteiger partial charge in [-0.05, 0) is 49.6 Å². The first-order valence-electron chi connectivity index (χ1n) is 7.41. The fourth-order valence-electron chi connectivity index (χ4n) is 2.99. The van der Waals surface area contributed by atoms with E-state index in [0.29, 0.717) is 5.92 Å². The zero-order valence-corrected chi connectivity index (χ0v) is 12.1. The third-order valence-corrected chi connectivity index (χ3v) is 3.94. The van der Waals surface area contributed by atoms with Crippen LogP contribution in [0.3, 0.4) is 0 Å². The Bertz CT molecular complexity index is 564. The van der Waals surface area contributed by atoms with Crippen molar-refractivity contribution < 1.29 is 4.74 Å². The number of benzene rings is 1. The molecule has 0 unspecified atom stereocenters. The fourth-order valence-corrected chi connectivity index (χ4v) is 2.99. The van der Waals surface area contributed by atoms with E-state index in [0.717, 1.165) is 31.8 Å². The SMILES string of the molecule is CN(Cc1ccc2ncccc2c1)C[C@H]1CCCOC1. The lowest BCUT2D eigenvalue weighted by Gasteiger charge is -2.27. The highest BCUT2D eigenvalue weighted by Crippen LogP contribution is 2.17. The summed E-state index contributed by atoms with van der Waals surface area (Å²) in [5.74, 6) is 0.691. The van der Waals surface area contributed by atoms with Crippen LogP contribution in [-0.4, -0.2) is 36.7 Å². The maximum atomic E-state index is 5.56. The molecule has 20 heavy (non-hydrogen) atoms. The normalized spacial score (nSPS) is 19.6. The van der Waals surface area contributed by atoms with Crippen LogP contribution in [0, 0.1) is 5.92 Å². The van der Waals surface area contributed by atoms with E-state index in [1.165, 1.54) is 23.8 Å². The molecular formula is C17H22N2O. The smallest absolute Gasteiger partial charge is 0.0702 e. The molecule has 0 radical (unpaired) electrons. The van der Waals surface area contributed by atoms with Crippen molar-refractivity contribution in [3.63, 3.8) is 0 Å². The predicted molar refractivity (Wildman–Crippen MR) is 81.6 cm³/mol. The summed E-state index contributed by atoms with van der Waals surface area (Å²) in [5, 5.41) is 1.22. The number of rotatable bonds is 4. The van der Waals surface area contributed by atoms with Crippen molar-refractivity contribution >= 4 is 10.9 Å². The third kappa shape index (κ3) is 3.35. The van der Waals surface area contributed by atoms with Crippen molar-refractivity contribution in [2.45, 2.75) is 19.4 Å². The summed E-state index contributed by atoms with van der Waals surface area (Å²) in [6, 6.07) is 10.7. The summed E-state index contributed by atoms with van der Waals surface area (Å²) < 4.78 is 5.56. The van der Waals surface area contributed by atoms with Gasteiger partial charge >= 0.3 is 0 Å². The average molecular weight is 270 g/mol. The summed E-state index contributed by atoms with van der Waals surface area (Å²) in [6.45, 7) is 3.97. The van der Waals surface area contributed by atoms with Gasteiger partial charge in [0.15, 0.2) is 0 Å². The second-order valence-corrected chi connectivity index (χ2v) is 5.81. The van der Waals surface area contributed by atoms with Gasteiger partial charge in [0.1, 0.15) is 0 Å². The first-order chi connectivity index (χ1) is 9.81. The summed E-state index contributed by atoms with van der Waals surface area (Å²) in [6.07, 6.45) is 4.35. The highest BCUT2D eigenvalue weighted by Gasteiger charge is 2.15. The first kappa shape index (κ1) is 13.5. The molecule has 0 N–H and O–H groups in total. The van der Waals surface area contributed by atoms with Crippen LogP contribution in [0.1, 0.15) is 18.4 Å². The maximum absolute atomic E-state index is 5.56. The summed E-state index contributed by atoms with van der Waals surface area (Å²) in [5.41, 5.74) is 2.42. The van der Waals surface area contributed by atoms with Crippen molar-refractivity contribution in [1.82, 2.24) is 9.88 Å². The van der Waals surface area contributed by atoms with Gasteiger partial charge in [-0.2, -0.15) is 0 Å². The van der Waals surface area contributed by atoms with Crippen LogP contribution in [0.25, 0.3) is 10.9 Å². The zero-order valence-electron chi connectivity index (χ0n) is 12.1. The monoisotopic (exact) mass is 270 g/mol. The van der Waals surface area contributed by atoms with Crippen molar-refractivity contribution in [2.24, 2.45) is 5.92 Å². The number of hydrogen-bond donors (Lipinski definition) is 0. The van der Waals surface area contributed by atoms with Crippen LogP contribution in [0.4, 0.5) is 0 Å². The minimum atomic E-state index is 0.691. The molecule has 1 aliphatic heterocycles. The second kappa shape index (κ2) is 6.33. The highest BCUT2D eigenvalue weighted by atomic mass is 16.5. The van der Waals surface area contributed by atoms with E-state index in [-0.39, 0.29) is 0 Å². The van der Waals surface area contributed by atoms with E-state index < -0.39 is 0 Å². The Hall–Kier alpha value is -1.45. The standard InChI is InChI=1S/C17H22N2O/c1-19(12-15-4-3-9-20-13-15)11-14-6-7-17-16(10-14)5-2-8-18-17/h2,5-8,10,15H,3-4,9,11-13H2,1H3/t15-/m1/s1. The molecule has 1 atom stereocenters. The second-order valence-electron chi connectivity index (χ2n) is 5.81. The van der Waals surface area contributed by atoms with Crippen molar-refractivity contribution in [1.29, 1.82) is 0 Å². The van der Waals surface area contributed by atoms with Crippen molar-refractivity contribution in [2.75, 3.05) is 26.8 Å². The van der Waals surface area contributed by atoms with Gasteiger partial charge in [0.2, 0.25) is 0 Å². The molecule has 0 bridgehead atoms. The molecule has 3 rings (SSSR count). The van der Waals surface area contributed by atoms with Crippen LogP contribution < -0.4 is 0 Å². The third-order valence-electron chi connectivity index (χ3n) is 3.94. The molecular weight excluding hydrogens is 248 g/mol. The molecule has 0 aliphatic carbocycles. The van der Waals surface area contributed by atoms with Crippen molar-refractivity contribution in [3.05, 3.63) is 42.1 Å². The summed E-state index contributed by atoms with van der Waals surface area (Å²) in [4.78, 5) is 6.76. The van der Waals surface area contributed by atoms with E-state index in [4.69, 9.17) is 4.74 Å². The average Bonchev–Trinajstić information content (AvgIpc) is 2.48. The fraction of sp³-hybridized carbons (Fsp3) is 0.471. The quantitative estimate of drug-likeness (QED) is 0.853. The van der Waals surface area contributed by atoms with Crippen LogP contribution in [0.5, 0.6) is 0 Å². The van der Waals surface area contributed by atoms with Gasteiger partial charge in [-0.15, -0.1) is 0 Å². The van der Waals surface area contributed by atoms with E-state index in [1.54, 1.807) is 0 Å². The number of ether oxygens (including phenoxy) is 1. The zero-order chi connectivity index (χ0) is 13.8. The van der Waals surface area contributed by atoms with Gasteiger partial charge in [-0.3, -0.25) is 4.98 Å². The van der Waals surface area contributed by atoms with Crippen LogP contribution in [-0.2, 0) is 11.3 Å². The molecule has 1 aromatic carbocycles.